The van der Waals surface area contributed by atoms with E-state index in [4.69, 9.17) is 16.2 Å². The summed E-state index contributed by atoms with van der Waals surface area (Å²) in [6.07, 6.45) is 1.13. The second-order valence-electron chi connectivity index (χ2n) is 4.15. The summed E-state index contributed by atoms with van der Waals surface area (Å²) in [5.41, 5.74) is 11.1. The normalized spacial score (nSPS) is 10.1. The average Bonchev–Trinajstić information content (AvgIpc) is 2.37. The van der Waals surface area contributed by atoms with Crippen LogP contribution < -0.4 is 21.5 Å². The van der Waals surface area contributed by atoms with Gasteiger partial charge in [-0.15, -0.1) is 0 Å². The van der Waals surface area contributed by atoms with Crippen molar-refractivity contribution in [1.29, 1.82) is 0 Å². The van der Waals surface area contributed by atoms with E-state index in [2.05, 4.69) is 5.32 Å². The Bertz CT molecular complexity index is 418. The lowest BCUT2D eigenvalue weighted by Crippen LogP contribution is -2.20. The van der Waals surface area contributed by atoms with Crippen molar-refractivity contribution < 1.29 is 14.3 Å². The summed E-state index contributed by atoms with van der Waals surface area (Å²) in [5, 5.41) is 3.20. The number of benzene rings is 1. The Morgan fingerprint density at radius 3 is 2.37 bits per heavy atom. The van der Waals surface area contributed by atoms with Crippen LogP contribution in [0.4, 0.5) is 0 Å². The lowest BCUT2D eigenvalue weighted by molar-refractivity contribution is -0.120. The number of carbonyl (C=O) groups excluding carboxylic acids is 2. The van der Waals surface area contributed by atoms with Crippen LogP contribution >= 0.6 is 0 Å². The molecular formula is C13H19N3O3. The smallest absolute Gasteiger partial charge is 0.255 e. The first kappa shape index (κ1) is 15.0. The molecule has 0 aliphatic carbocycles. The number of nitrogens with one attached hydrogen (secondary N) is 1. The molecule has 0 bridgehead atoms. The predicted octanol–water partition coefficient (Wildman–Crippen LogP) is -0.0942. The van der Waals surface area contributed by atoms with Crippen LogP contribution in [0.15, 0.2) is 24.3 Å². The Kier molecular flexibility index (Phi) is 6.38. The Labute approximate surface area is 112 Å². The molecule has 1 aromatic carbocycles. The number of hydrogen-bond acceptors (Lipinski definition) is 4. The van der Waals surface area contributed by atoms with Crippen molar-refractivity contribution in [2.45, 2.75) is 19.4 Å². The molecule has 0 aliphatic heterocycles. The number of nitrogens with two attached hydrogens (primary N) is 2. The highest BCUT2D eigenvalue weighted by Crippen LogP contribution is 2.11. The fraction of sp³-hybridized carbons (Fsp3) is 0.385. The monoisotopic (exact) mass is 265 g/mol. The van der Waals surface area contributed by atoms with Crippen molar-refractivity contribution in [3.63, 3.8) is 0 Å². The molecule has 6 nitrogen and oxygen atoms in total. The zero-order chi connectivity index (χ0) is 14.1. The second kappa shape index (κ2) is 8.10. The zero-order valence-electron chi connectivity index (χ0n) is 10.7. The van der Waals surface area contributed by atoms with Gasteiger partial charge < -0.3 is 21.5 Å². The number of primary amides is 2. The summed E-state index contributed by atoms with van der Waals surface area (Å²) >= 11 is 0. The molecule has 6 heteroatoms. The summed E-state index contributed by atoms with van der Waals surface area (Å²) < 4.78 is 5.15. The molecule has 2 amide bonds. The van der Waals surface area contributed by atoms with Crippen LogP contribution in [0.3, 0.4) is 0 Å². The molecule has 0 atom stereocenters. The zero-order valence-corrected chi connectivity index (χ0v) is 10.7. The Morgan fingerprint density at radius 1 is 1.11 bits per heavy atom. The number of rotatable bonds is 9. The molecule has 0 radical (unpaired) electrons. The molecule has 104 valence electrons. The minimum absolute atomic E-state index is 0.120. The van der Waals surface area contributed by atoms with Gasteiger partial charge in [0.15, 0.2) is 6.61 Å². The summed E-state index contributed by atoms with van der Waals surface area (Å²) in [6.45, 7) is 1.32. The van der Waals surface area contributed by atoms with Gasteiger partial charge in [0, 0.05) is 13.0 Å². The van der Waals surface area contributed by atoms with E-state index in [0.717, 1.165) is 18.5 Å². The van der Waals surface area contributed by atoms with Crippen molar-refractivity contribution in [3.05, 3.63) is 29.8 Å². The maximum absolute atomic E-state index is 10.5. The van der Waals surface area contributed by atoms with E-state index in [1.807, 2.05) is 12.1 Å². The Hall–Kier alpha value is -2.08. The Morgan fingerprint density at radius 2 is 1.79 bits per heavy atom. The molecule has 0 aromatic heterocycles. The van der Waals surface area contributed by atoms with Crippen molar-refractivity contribution in [1.82, 2.24) is 5.32 Å². The van der Waals surface area contributed by atoms with Crippen molar-refractivity contribution in [2.24, 2.45) is 11.5 Å². The third-order valence-electron chi connectivity index (χ3n) is 2.41. The number of carbonyl (C=O) groups is 2. The molecule has 0 unspecified atom stereocenters. The van der Waals surface area contributed by atoms with Gasteiger partial charge in [-0.2, -0.15) is 0 Å². The average molecular weight is 265 g/mol. The molecule has 0 aliphatic rings. The largest absolute Gasteiger partial charge is 0.484 e. The molecule has 0 spiro atoms. The molecule has 0 fully saturated rings. The van der Waals surface area contributed by atoms with Crippen molar-refractivity contribution >= 4 is 11.8 Å². The lowest BCUT2D eigenvalue weighted by Gasteiger charge is -2.06. The molecule has 0 heterocycles. The lowest BCUT2D eigenvalue weighted by atomic mass is 10.2. The maximum Gasteiger partial charge on any atom is 0.255 e. The highest BCUT2D eigenvalue weighted by molar-refractivity contribution is 5.75. The van der Waals surface area contributed by atoms with Gasteiger partial charge in [0.05, 0.1) is 0 Å². The van der Waals surface area contributed by atoms with Gasteiger partial charge in [-0.3, -0.25) is 9.59 Å². The van der Waals surface area contributed by atoms with E-state index >= 15 is 0 Å². The van der Waals surface area contributed by atoms with Crippen LogP contribution in [-0.2, 0) is 16.1 Å². The molecule has 0 saturated heterocycles. The van der Waals surface area contributed by atoms with Gasteiger partial charge in [0.25, 0.3) is 5.91 Å². The minimum Gasteiger partial charge on any atom is -0.484 e. The maximum atomic E-state index is 10.5. The summed E-state index contributed by atoms with van der Waals surface area (Å²) in [7, 11) is 0. The van der Waals surface area contributed by atoms with E-state index in [-0.39, 0.29) is 12.5 Å². The molecule has 0 saturated carbocycles. The van der Waals surface area contributed by atoms with Gasteiger partial charge in [0.2, 0.25) is 5.91 Å². The van der Waals surface area contributed by atoms with E-state index in [1.165, 1.54) is 0 Å². The Balaban J connectivity index is 2.24. The van der Waals surface area contributed by atoms with Gasteiger partial charge >= 0.3 is 0 Å². The van der Waals surface area contributed by atoms with Crippen LogP contribution in [0.1, 0.15) is 18.4 Å². The summed E-state index contributed by atoms with van der Waals surface area (Å²) in [6, 6.07) is 7.36. The van der Waals surface area contributed by atoms with Crippen LogP contribution in [0.2, 0.25) is 0 Å². The minimum atomic E-state index is -0.500. The molecule has 19 heavy (non-hydrogen) atoms. The fourth-order valence-electron chi connectivity index (χ4n) is 1.48. The molecule has 5 N–H and O–H groups in total. The second-order valence-corrected chi connectivity index (χ2v) is 4.15. The van der Waals surface area contributed by atoms with Crippen LogP contribution in [0.25, 0.3) is 0 Å². The van der Waals surface area contributed by atoms with Gasteiger partial charge in [-0.1, -0.05) is 12.1 Å². The van der Waals surface area contributed by atoms with Crippen molar-refractivity contribution in [2.75, 3.05) is 13.2 Å². The predicted molar refractivity (Wildman–Crippen MR) is 71.3 cm³/mol. The first-order valence-electron chi connectivity index (χ1n) is 6.07. The van der Waals surface area contributed by atoms with E-state index in [0.29, 0.717) is 18.7 Å². The van der Waals surface area contributed by atoms with Crippen LogP contribution in [0, 0.1) is 0 Å². The highest BCUT2D eigenvalue weighted by atomic mass is 16.5. The standard InChI is InChI=1S/C13H19N3O3/c14-12(17)2-1-7-16-8-10-3-5-11(6-4-10)19-9-13(15)18/h3-6,16H,1-2,7-9H2,(H2,14,17)(H2,15,18). The SMILES string of the molecule is NC(=O)CCCNCc1ccc(OCC(N)=O)cc1. The fourth-order valence-corrected chi connectivity index (χ4v) is 1.48. The van der Waals surface area contributed by atoms with Gasteiger partial charge in [0.1, 0.15) is 5.75 Å². The molecule has 1 aromatic rings. The topological polar surface area (TPSA) is 107 Å². The number of ether oxygens (including phenoxy) is 1. The van der Waals surface area contributed by atoms with Crippen molar-refractivity contribution in [3.8, 4) is 5.75 Å². The molecule has 1 rings (SSSR count). The third kappa shape index (κ3) is 7.05. The molecular weight excluding hydrogens is 246 g/mol. The van der Waals surface area contributed by atoms with Gasteiger partial charge in [-0.25, -0.2) is 0 Å². The van der Waals surface area contributed by atoms with E-state index in [1.54, 1.807) is 12.1 Å². The number of hydrogen-bond donors (Lipinski definition) is 3. The summed E-state index contributed by atoms with van der Waals surface area (Å²) in [5.74, 6) is -0.172. The first-order chi connectivity index (χ1) is 9.08. The van der Waals surface area contributed by atoms with E-state index in [9.17, 15) is 9.59 Å². The number of amides is 2. The van der Waals surface area contributed by atoms with E-state index < -0.39 is 5.91 Å². The van der Waals surface area contributed by atoms with Crippen LogP contribution in [-0.4, -0.2) is 25.0 Å². The first-order valence-corrected chi connectivity index (χ1v) is 6.07. The summed E-state index contributed by atoms with van der Waals surface area (Å²) in [4.78, 5) is 21.1. The van der Waals surface area contributed by atoms with Crippen LogP contribution in [0.5, 0.6) is 5.75 Å². The third-order valence-corrected chi connectivity index (χ3v) is 2.41. The van der Waals surface area contributed by atoms with Gasteiger partial charge in [-0.05, 0) is 30.7 Å². The highest BCUT2D eigenvalue weighted by Gasteiger charge is 1.99. The quantitative estimate of drug-likeness (QED) is 0.542.